The summed E-state index contributed by atoms with van der Waals surface area (Å²) in [7, 11) is 0. The number of benzene rings is 1. The molecule has 1 aromatic carbocycles. The monoisotopic (exact) mass is 302 g/mol. The van der Waals surface area contributed by atoms with Crippen molar-refractivity contribution in [1.29, 1.82) is 0 Å². The SMILES string of the molecule is NC(=O)c1cc(N)ccc1N1CCN(CC(F)(F)F)CC1. The molecular weight excluding hydrogens is 285 g/mol. The van der Waals surface area contributed by atoms with Crippen LogP contribution in [0.1, 0.15) is 10.4 Å². The lowest BCUT2D eigenvalue weighted by Crippen LogP contribution is -2.49. The molecule has 116 valence electrons. The van der Waals surface area contributed by atoms with Gasteiger partial charge in [-0.3, -0.25) is 9.69 Å². The number of hydrogen-bond donors (Lipinski definition) is 2. The van der Waals surface area contributed by atoms with Gasteiger partial charge in [0, 0.05) is 37.6 Å². The van der Waals surface area contributed by atoms with Gasteiger partial charge < -0.3 is 16.4 Å². The van der Waals surface area contributed by atoms with E-state index in [9.17, 15) is 18.0 Å². The second kappa shape index (κ2) is 5.80. The molecule has 8 heteroatoms. The van der Waals surface area contributed by atoms with Gasteiger partial charge in [-0.05, 0) is 18.2 Å². The second-order valence-corrected chi connectivity index (χ2v) is 5.02. The highest BCUT2D eigenvalue weighted by Gasteiger charge is 2.32. The average molecular weight is 302 g/mol. The highest BCUT2D eigenvalue weighted by Crippen LogP contribution is 2.25. The fourth-order valence-corrected chi connectivity index (χ4v) is 2.43. The number of nitrogen functional groups attached to an aromatic ring is 1. The molecule has 1 fully saturated rings. The number of amides is 1. The number of nitrogens with two attached hydrogens (primary N) is 2. The number of carbonyl (C=O) groups excluding carboxylic acids is 1. The number of primary amides is 1. The van der Waals surface area contributed by atoms with E-state index in [4.69, 9.17) is 11.5 Å². The molecule has 2 rings (SSSR count). The first-order chi connectivity index (χ1) is 9.76. The molecule has 0 saturated carbocycles. The third kappa shape index (κ3) is 4.01. The van der Waals surface area contributed by atoms with E-state index in [2.05, 4.69) is 0 Å². The molecule has 5 nitrogen and oxygen atoms in total. The molecule has 0 unspecified atom stereocenters. The molecule has 0 radical (unpaired) electrons. The fraction of sp³-hybridized carbons (Fsp3) is 0.462. The first-order valence-corrected chi connectivity index (χ1v) is 6.49. The van der Waals surface area contributed by atoms with Crippen molar-refractivity contribution in [2.75, 3.05) is 43.4 Å². The molecule has 0 spiro atoms. The molecule has 1 aliphatic heterocycles. The Morgan fingerprint density at radius 1 is 1.19 bits per heavy atom. The van der Waals surface area contributed by atoms with Crippen LogP contribution in [0.2, 0.25) is 0 Å². The van der Waals surface area contributed by atoms with Crippen molar-refractivity contribution in [3.05, 3.63) is 23.8 Å². The first-order valence-electron chi connectivity index (χ1n) is 6.49. The Labute approximate surface area is 120 Å². The van der Waals surface area contributed by atoms with Crippen LogP contribution in [0.5, 0.6) is 0 Å². The number of halogens is 3. The Morgan fingerprint density at radius 2 is 1.81 bits per heavy atom. The molecule has 1 aliphatic rings. The molecule has 0 aliphatic carbocycles. The van der Waals surface area contributed by atoms with Crippen LogP contribution in [0.4, 0.5) is 24.5 Å². The number of alkyl halides is 3. The second-order valence-electron chi connectivity index (χ2n) is 5.02. The van der Waals surface area contributed by atoms with E-state index in [0.29, 0.717) is 30.0 Å². The largest absolute Gasteiger partial charge is 0.401 e. The van der Waals surface area contributed by atoms with E-state index >= 15 is 0 Å². The number of nitrogens with zero attached hydrogens (tertiary/aromatic N) is 2. The van der Waals surface area contributed by atoms with Crippen molar-refractivity contribution in [1.82, 2.24) is 4.90 Å². The van der Waals surface area contributed by atoms with Crippen molar-refractivity contribution < 1.29 is 18.0 Å². The Balaban J connectivity index is 2.07. The van der Waals surface area contributed by atoms with Gasteiger partial charge in [0.2, 0.25) is 0 Å². The van der Waals surface area contributed by atoms with E-state index in [-0.39, 0.29) is 13.1 Å². The molecule has 0 aromatic heterocycles. The minimum atomic E-state index is -4.19. The minimum Gasteiger partial charge on any atom is -0.399 e. The summed E-state index contributed by atoms with van der Waals surface area (Å²) in [6.07, 6.45) is -4.19. The number of rotatable bonds is 3. The highest BCUT2D eigenvalue weighted by molar-refractivity contribution is 5.99. The zero-order valence-electron chi connectivity index (χ0n) is 11.4. The van der Waals surface area contributed by atoms with Gasteiger partial charge in [0.15, 0.2) is 0 Å². The van der Waals surface area contributed by atoms with Crippen LogP contribution in [-0.2, 0) is 0 Å². The van der Waals surface area contributed by atoms with Gasteiger partial charge in [-0.2, -0.15) is 13.2 Å². The van der Waals surface area contributed by atoms with E-state index < -0.39 is 18.6 Å². The number of hydrogen-bond acceptors (Lipinski definition) is 4. The van der Waals surface area contributed by atoms with Crippen LogP contribution >= 0.6 is 0 Å². The van der Waals surface area contributed by atoms with Gasteiger partial charge in [-0.15, -0.1) is 0 Å². The summed E-state index contributed by atoms with van der Waals surface area (Å²) < 4.78 is 37.0. The Morgan fingerprint density at radius 3 is 2.33 bits per heavy atom. The van der Waals surface area contributed by atoms with Crippen LogP contribution in [0.15, 0.2) is 18.2 Å². The minimum absolute atomic E-state index is 0.280. The Bertz CT molecular complexity index is 525. The van der Waals surface area contributed by atoms with Crippen molar-refractivity contribution >= 4 is 17.3 Å². The lowest BCUT2D eigenvalue weighted by atomic mass is 10.1. The number of piperazine rings is 1. The topological polar surface area (TPSA) is 75.6 Å². The highest BCUT2D eigenvalue weighted by atomic mass is 19.4. The summed E-state index contributed by atoms with van der Waals surface area (Å²) in [5.74, 6) is -0.602. The van der Waals surface area contributed by atoms with Gasteiger partial charge in [0.05, 0.1) is 12.1 Å². The average Bonchev–Trinajstić information content (AvgIpc) is 2.38. The molecule has 21 heavy (non-hydrogen) atoms. The maximum atomic E-state index is 12.3. The maximum absolute atomic E-state index is 12.3. The molecule has 1 aromatic rings. The fourth-order valence-electron chi connectivity index (χ4n) is 2.43. The molecule has 1 heterocycles. The van der Waals surface area contributed by atoms with Gasteiger partial charge >= 0.3 is 6.18 Å². The van der Waals surface area contributed by atoms with Gasteiger partial charge in [0.1, 0.15) is 0 Å². The molecule has 0 bridgehead atoms. The van der Waals surface area contributed by atoms with E-state index in [0.717, 1.165) is 0 Å². The molecule has 1 saturated heterocycles. The smallest absolute Gasteiger partial charge is 0.399 e. The summed E-state index contributed by atoms with van der Waals surface area (Å²) in [6.45, 7) is 0.454. The lowest BCUT2D eigenvalue weighted by Gasteiger charge is -2.37. The number of carbonyl (C=O) groups is 1. The standard InChI is InChI=1S/C13H17F3N4O/c14-13(15,16)8-19-3-5-20(6-4-19)11-2-1-9(17)7-10(11)12(18)21/h1-2,7H,3-6,8,17H2,(H2,18,21). The van der Waals surface area contributed by atoms with Crippen LogP contribution in [-0.4, -0.2) is 49.7 Å². The molecule has 0 atom stereocenters. The van der Waals surface area contributed by atoms with Gasteiger partial charge in [-0.1, -0.05) is 0 Å². The Hall–Kier alpha value is -1.96. The molecular formula is C13H17F3N4O. The number of anilines is 2. The van der Waals surface area contributed by atoms with Crippen molar-refractivity contribution in [3.8, 4) is 0 Å². The van der Waals surface area contributed by atoms with E-state index in [1.807, 2.05) is 4.90 Å². The maximum Gasteiger partial charge on any atom is 0.401 e. The van der Waals surface area contributed by atoms with Gasteiger partial charge in [-0.25, -0.2) is 0 Å². The summed E-state index contributed by atoms with van der Waals surface area (Å²) in [5.41, 5.74) is 12.3. The lowest BCUT2D eigenvalue weighted by molar-refractivity contribution is -0.146. The predicted octanol–water partition coefficient (Wildman–Crippen LogP) is 1.05. The normalized spacial score (nSPS) is 17.0. The van der Waals surface area contributed by atoms with Crippen molar-refractivity contribution in [2.45, 2.75) is 6.18 Å². The third-order valence-electron chi connectivity index (χ3n) is 3.40. The quantitative estimate of drug-likeness (QED) is 0.819. The van der Waals surface area contributed by atoms with Crippen LogP contribution in [0.25, 0.3) is 0 Å². The van der Waals surface area contributed by atoms with Crippen LogP contribution in [0.3, 0.4) is 0 Å². The summed E-state index contributed by atoms with van der Waals surface area (Å²) >= 11 is 0. The first kappa shape index (κ1) is 15.4. The molecule has 1 amide bonds. The summed E-state index contributed by atoms with van der Waals surface area (Å²) in [6, 6.07) is 4.80. The summed E-state index contributed by atoms with van der Waals surface area (Å²) in [4.78, 5) is 14.6. The van der Waals surface area contributed by atoms with Crippen LogP contribution < -0.4 is 16.4 Å². The summed E-state index contributed by atoms with van der Waals surface area (Å²) in [5, 5.41) is 0. The zero-order valence-corrected chi connectivity index (χ0v) is 11.4. The predicted molar refractivity (Wildman–Crippen MR) is 74.1 cm³/mol. The molecule has 4 N–H and O–H groups in total. The van der Waals surface area contributed by atoms with Crippen molar-refractivity contribution in [2.24, 2.45) is 5.73 Å². The third-order valence-corrected chi connectivity index (χ3v) is 3.40. The van der Waals surface area contributed by atoms with E-state index in [1.165, 1.54) is 11.0 Å². The van der Waals surface area contributed by atoms with E-state index in [1.54, 1.807) is 12.1 Å². The van der Waals surface area contributed by atoms with Crippen LogP contribution in [0, 0.1) is 0 Å². The van der Waals surface area contributed by atoms with Crippen molar-refractivity contribution in [3.63, 3.8) is 0 Å². The zero-order chi connectivity index (χ0) is 15.6. The van der Waals surface area contributed by atoms with Gasteiger partial charge in [0.25, 0.3) is 5.91 Å². The Kier molecular flexibility index (Phi) is 4.26.